The van der Waals surface area contributed by atoms with E-state index in [9.17, 15) is 17.6 Å². The summed E-state index contributed by atoms with van der Waals surface area (Å²) in [5, 5.41) is 2.41. The number of benzene rings is 1. The van der Waals surface area contributed by atoms with E-state index in [4.69, 9.17) is 11.6 Å². The van der Waals surface area contributed by atoms with Crippen molar-refractivity contribution in [2.45, 2.75) is 18.0 Å². The van der Waals surface area contributed by atoms with E-state index in [0.29, 0.717) is 17.0 Å². The van der Waals surface area contributed by atoms with Crippen LogP contribution in [0, 0.1) is 5.82 Å². The quantitative estimate of drug-likeness (QED) is 0.587. The molecule has 0 saturated heterocycles. The Morgan fingerprint density at radius 2 is 1.86 bits per heavy atom. The number of rotatable bonds is 7. The molecule has 0 atom stereocenters. The van der Waals surface area contributed by atoms with E-state index in [2.05, 4.69) is 25.0 Å². The molecule has 0 spiro atoms. The van der Waals surface area contributed by atoms with E-state index < -0.39 is 15.8 Å². The number of hydrogen-bond acceptors (Lipinski definition) is 6. The van der Waals surface area contributed by atoms with E-state index in [1.165, 1.54) is 24.7 Å². The van der Waals surface area contributed by atoms with Crippen LogP contribution in [-0.4, -0.2) is 29.3 Å². The Bertz CT molecular complexity index is 1110. The van der Waals surface area contributed by atoms with Crippen LogP contribution in [0.25, 0.3) is 0 Å². The average Bonchev–Trinajstić information content (AvgIpc) is 2.73. The van der Waals surface area contributed by atoms with Crippen molar-refractivity contribution >= 4 is 27.5 Å². The van der Waals surface area contributed by atoms with Crippen molar-refractivity contribution in [3.63, 3.8) is 0 Å². The molecule has 1 aromatic carbocycles. The Kier molecular flexibility index (Phi) is 6.47. The molecule has 2 N–H and O–H groups in total. The number of pyridine rings is 1. The predicted molar refractivity (Wildman–Crippen MR) is 103 cm³/mol. The SMILES string of the molecule is O=C(NCc1ccncn1)c1ccc(CNS(=O)(=O)c2ccc(F)c(Cl)c2)nc1. The number of carbonyl (C=O) groups excluding carboxylic acids is 1. The summed E-state index contributed by atoms with van der Waals surface area (Å²) in [7, 11) is -3.90. The summed E-state index contributed by atoms with van der Waals surface area (Å²) in [5.41, 5.74) is 1.37. The highest BCUT2D eigenvalue weighted by Gasteiger charge is 2.16. The third-order valence-electron chi connectivity index (χ3n) is 3.80. The summed E-state index contributed by atoms with van der Waals surface area (Å²) < 4.78 is 40.1. The molecule has 3 aromatic rings. The van der Waals surface area contributed by atoms with Crippen molar-refractivity contribution < 1.29 is 17.6 Å². The van der Waals surface area contributed by atoms with Gasteiger partial charge < -0.3 is 5.32 Å². The van der Waals surface area contributed by atoms with Crippen LogP contribution >= 0.6 is 11.6 Å². The van der Waals surface area contributed by atoms with Crippen molar-refractivity contribution in [3.05, 3.63) is 82.9 Å². The number of carbonyl (C=O) groups is 1. The lowest BCUT2D eigenvalue weighted by molar-refractivity contribution is 0.0950. The summed E-state index contributed by atoms with van der Waals surface area (Å²) in [5.74, 6) is -1.05. The first-order valence-electron chi connectivity index (χ1n) is 8.28. The molecular weight excluding hydrogens is 421 g/mol. The molecule has 8 nitrogen and oxygen atoms in total. The monoisotopic (exact) mass is 435 g/mol. The van der Waals surface area contributed by atoms with Crippen LogP contribution in [0.4, 0.5) is 4.39 Å². The smallest absolute Gasteiger partial charge is 0.253 e. The van der Waals surface area contributed by atoms with Gasteiger partial charge in [0.15, 0.2) is 0 Å². The molecular formula is C18H15ClFN5O3S. The second-order valence-electron chi connectivity index (χ2n) is 5.82. The number of aromatic nitrogens is 3. The van der Waals surface area contributed by atoms with Crippen LogP contribution in [-0.2, 0) is 23.1 Å². The van der Waals surface area contributed by atoms with Gasteiger partial charge in [-0.05, 0) is 36.4 Å². The number of sulfonamides is 1. The average molecular weight is 436 g/mol. The van der Waals surface area contributed by atoms with E-state index in [-0.39, 0.29) is 28.9 Å². The van der Waals surface area contributed by atoms with Gasteiger partial charge in [-0.2, -0.15) is 0 Å². The summed E-state index contributed by atoms with van der Waals surface area (Å²) in [6.07, 6.45) is 4.30. The molecule has 2 aromatic heterocycles. The Balaban J connectivity index is 1.58. The first kappa shape index (κ1) is 20.8. The van der Waals surface area contributed by atoms with Crippen molar-refractivity contribution in [1.82, 2.24) is 25.0 Å². The van der Waals surface area contributed by atoms with Gasteiger partial charge in [0.1, 0.15) is 12.1 Å². The highest BCUT2D eigenvalue weighted by atomic mass is 35.5. The molecule has 0 bridgehead atoms. The lowest BCUT2D eigenvalue weighted by Gasteiger charge is -2.08. The van der Waals surface area contributed by atoms with Gasteiger partial charge in [-0.3, -0.25) is 9.78 Å². The van der Waals surface area contributed by atoms with Gasteiger partial charge in [0.05, 0.1) is 40.0 Å². The second kappa shape index (κ2) is 9.03. The molecule has 29 heavy (non-hydrogen) atoms. The second-order valence-corrected chi connectivity index (χ2v) is 8.00. The standard InChI is InChI=1S/C18H15ClFN5O3S/c19-16-7-15(3-4-17(16)20)29(27,28)25-10-13-2-1-12(8-22-13)18(26)23-9-14-5-6-21-11-24-14/h1-8,11,25H,9-10H2,(H,23,26). The molecule has 150 valence electrons. The van der Waals surface area contributed by atoms with Crippen molar-refractivity contribution in [1.29, 1.82) is 0 Å². The summed E-state index contributed by atoms with van der Waals surface area (Å²) in [4.78, 5) is 23.9. The minimum Gasteiger partial charge on any atom is -0.346 e. The maximum absolute atomic E-state index is 13.2. The van der Waals surface area contributed by atoms with Crippen LogP contribution in [0.2, 0.25) is 5.02 Å². The molecule has 0 fully saturated rings. The minimum absolute atomic E-state index is 0.111. The number of nitrogens with zero attached hydrogens (tertiary/aromatic N) is 3. The molecule has 1 amide bonds. The van der Waals surface area contributed by atoms with E-state index in [1.54, 1.807) is 12.3 Å². The predicted octanol–water partition coefficient (Wildman–Crippen LogP) is 2.07. The Labute approximate surface area is 171 Å². The van der Waals surface area contributed by atoms with Gasteiger partial charge in [0.25, 0.3) is 5.91 Å². The molecule has 0 radical (unpaired) electrons. The molecule has 3 rings (SSSR count). The summed E-state index contributed by atoms with van der Waals surface area (Å²) in [6.45, 7) is 0.128. The van der Waals surface area contributed by atoms with Gasteiger partial charge in [0.2, 0.25) is 10.0 Å². The Hall–Kier alpha value is -2.95. The number of halogens is 2. The highest BCUT2D eigenvalue weighted by molar-refractivity contribution is 7.89. The largest absolute Gasteiger partial charge is 0.346 e. The van der Waals surface area contributed by atoms with Crippen LogP contribution in [0.5, 0.6) is 0 Å². The highest BCUT2D eigenvalue weighted by Crippen LogP contribution is 2.19. The zero-order valence-corrected chi connectivity index (χ0v) is 16.4. The van der Waals surface area contributed by atoms with Gasteiger partial charge in [-0.25, -0.2) is 27.5 Å². The normalized spacial score (nSPS) is 11.2. The molecule has 0 aliphatic rings. The number of hydrogen-bond donors (Lipinski definition) is 2. The van der Waals surface area contributed by atoms with E-state index in [1.807, 2.05) is 0 Å². The van der Waals surface area contributed by atoms with Crippen molar-refractivity contribution in [3.8, 4) is 0 Å². The molecule has 0 unspecified atom stereocenters. The maximum atomic E-state index is 13.2. The topological polar surface area (TPSA) is 114 Å². The zero-order chi connectivity index (χ0) is 20.9. The van der Waals surface area contributed by atoms with Gasteiger partial charge in [-0.1, -0.05) is 11.6 Å². The fourth-order valence-electron chi connectivity index (χ4n) is 2.26. The Morgan fingerprint density at radius 1 is 1.07 bits per heavy atom. The minimum atomic E-state index is -3.90. The van der Waals surface area contributed by atoms with Crippen LogP contribution < -0.4 is 10.0 Å². The van der Waals surface area contributed by atoms with E-state index >= 15 is 0 Å². The fourth-order valence-corrected chi connectivity index (χ4v) is 3.53. The van der Waals surface area contributed by atoms with Crippen LogP contribution in [0.3, 0.4) is 0 Å². The lowest BCUT2D eigenvalue weighted by atomic mass is 10.2. The van der Waals surface area contributed by atoms with Crippen LogP contribution in [0.1, 0.15) is 21.7 Å². The van der Waals surface area contributed by atoms with Crippen molar-refractivity contribution in [2.75, 3.05) is 0 Å². The number of nitrogens with one attached hydrogen (secondary N) is 2. The maximum Gasteiger partial charge on any atom is 0.253 e. The molecule has 0 aliphatic carbocycles. The van der Waals surface area contributed by atoms with Gasteiger partial charge >= 0.3 is 0 Å². The van der Waals surface area contributed by atoms with Crippen molar-refractivity contribution in [2.24, 2.45) is 0 Å². The molecule has 2 heterocycles. The lowest BCUT2D eigenvalue weighted by Crippen LogP contribution is -2.25. The van der Waals surface area contributed by atoms with Crippen LogP contribution in [0.15, 0.2) is 60.0 Å². The molecule has 0 saturated carbocycles. The summed E-state index contributed by atoms with van der Waals surface area (Å²) >= 11 is 5.62. The molecule has 0 aliphatic heterocycles. The Morgan fingerprint density at radius 3 is 2.52 bits per heavy atom. The van der Waals surface area contributed by atoms with Gasteiger partial charge in [0, 0.05) is 12.4 Å². The third kappa shape index (κ3) is 5.53. The molecule has 11 heteroatoms. The van der Waals surface area contributed by atoms with Gasteiger partial charge in [-0.15, -0.1) is 0 Å². The summed E-state index contributed by atoms with van der Waals surface area (Å²) in [6, 6.07) is 7.85. The zero-order valence-electron chi connectivity index (χ0n) is 14.8. The fraction of sp³-hybridized carbons (Fsp3) is 0.111. The van der Waals surface area contributed by atoms with E-state index in [0.717, 1.165) is 18.2 Å². The third-order valence-corrected chi connectivity index (χ3v) is 5.49. The number of amides is 1. The first-order chi connectivity index (χ1) is 13.8. The first-order valence-corrected chi connectivity index (χ1v) is 10.1.